The van der Waals surface area contributed by atoms with Gasteiger partial charge in [0.15, 0.2) is 0 Å². The quantitative estimate of drug-likeness (QED) is 0.445. The molecule has 0 spiro atoms. The number of fused-ring (bicyclic) bond motifs is 7. The molecule has 9 atom stereocenters. The number of hydrogen-bond donors (Lipinski definition) is 1. The van der Waals surface area contributed by atoms with E-state index < -0.39 is 5.60 Å². The first kappa shape index (κ1) is 22.7. The molecule has 0 bridgehead atoms. The first-order valence-electron chi connectivity index (χ1n) is 13.9. The van der Waals surface area contributed by atoms with Crippen molar-refractivity contribution in [2.24, 2.45) is 56.7 Å². The molecule has 1 heteroatoms. The van der Waals surface area contributed by atoms with Gasteiger partial charge in [-0.2, -0.15) is 0 Å². The van der Waals surface area contributed by atoms with E-state index >= 15 is 0 Å². The van der Waals surface area contributed by atoms with Crippen LogP contribution < -0.4 is 0 Å². The van der Waals surface area contributed by atoms with E-state index in [-0.39, 0.29) is 0 Å². The summed E-state index contributed by atoms with van der Waals surface area (Å²) < 4.78 is 0. The van der Waals surface area contributed by atoms with Crippen LogP contribution in [0.3, 0.4) is 0 Å². The van der Waals surface area contributed by atoms with Crippen molar-refractivity contribution in [3.8, 4) is 0 Å². The van der Waals surface area contributed by atoms with Crippen LogP contribution in [0.2, 0.25) is 0 Å². The molecule has 0 radical (unpaired) electrons. The Morgan fingerprint density at radius 3 is 1.81 bits per heavy atom. The van der Waals surface area contributed by atoms with Gasteiger partial charge >= 0.3 is 0 Å². The summed E-state index contributed by atoms with van der Waals surface area (Å²) >= 11 is 0. The van der Waals surface area contributed by atoms with Crippen LogP contribution in [0.4, 0.5) is 0 Å². The summed E-state index contributed by atoms with van der Waals surface area (Å²) in [6.07, 6.45) is 15.5. The van der Waals surface area contributed by atoms with E-state index in [1.165, 1.54) is 70.6 Å². The van der Waals surface area contributed by atoms with Crippen molar-refractivity contribution in [1.29, 1.82) is 0 Å². The molecular weight excluding hydrogens is 376 g/mol. The topological polar surface area (TPSA) is 20.2 Å². The van der Waals surface area contributed by atoms with Gasteiger partial charge in [0.1, 0.15) is 0 Å². The third-order valence-corrected chi connectivity index (χ3v) is 13.6. The van der Waals surface area contributed by atoms with Crippen molar-refractivity contribution >= 4 is 0 Å². The molecule has 5 fully saturated rings. The second-order valence-electron chi connectivity index (χ2n) is 15.4. The molecule has 0 aromatic rings. The van der Waals surface area contributed by atoms with Crippen LogP contribution in [0.1, 0.15) is 126 Å². The molecule has 5 saturated carbocycles. The maximum atomic E-state index is 11.0. The van der Waals surface area contributed by atoms with Gasteiger partial charge in [-0.05, 0) is 135 Å². The Morgan fingerprint density at radius 1 is 0.613 bits per heavy atom. The fourth-order valence-electron chi connectivity index (χ4n) is 12.1. The highest BCUT2D eigenvalue weighted by Gasteiger charge is 2.70. The predicted molar refractivity (Wildman–Crippen MR) is 131 cm³/mol. The molecule has 1 nitrogen and oxygen atoms in total. The van der Waals surface area contributed by atoms with Crippen molar-refractivity contribution in [3.05, 3.63) is 0 Å². The number of hydrogen-bond acceptors (Lipinski definition) is 1. The van der Waals surface area contributed by atoms with Gasteiger partial charge in [0.05, 0.1) is 5.60 Å². The first-order valence-corrected chi connectivity index (χ1v) is 13.9. The van der Waals surface area contributed by atoms with E-state index in [1.807, 2.05) is 0 Å². The number of aliphatic hydroxyl groups is 1. The minimum atomic E-state index is -0.517. The molecule has 0 heterocycles. The summed E-state index contributed by atoms with van der Waals surface area (Å²) in [6, 6.07) is 0. The molecule has 5 aliphatic rings. The molecular formula is C30H52O. The fourth-order valence-corrected chi connectivity index (χ4v) is 12.1. The van der Waals surface area contributed by atoms with E-state index in [4.69, 9.17) is 0 Å². The molecule has 0 amide bonds. The Hall–Kier alpha value is -0.0400. The third-order valence-electron chi connectivity index (χ3n) is 13.6. The molecule has 1 unspecified atom stereocenters. The second kappa shape index (κ2) is 6.55. The van der Waals surface area contributed by atoms with E-state index in [0.29, 0.717) is 33.0 Å². The van der Waals surface area contributed by atoms with Crippen LogP contribution in [0.5, 0.6) is 0 Å². The summed E-state index contributed by atoms with van der Waals surface area (Å²) in [5.41, 5.74) is 1.97. The minimum Gasteiger partial charge on any atom is -0.390 e. The van der Waals surface area contributed by atoms with Crippen LogP contribution in [-0.4, -0.2) is 10.7 Å². The zero-order valence-electron chi connectivity index (χ0n) is 22.1. The van der Waals surface area contributed by atoms with Gasteiger partial charge < -0.3 is 5.11 Å². The first-order chi connectivity index (χ1) is 14.2. The SMILES string of the molecule is CC(C)(O)C1CC[C@]2(C)[C@H]3CC[C@@H]4[C@@]5(C)CCCC(C)(C)[C@@H]5CC[C@@]4(C)[C@]3(C)CC[C@@H]12. The summed E-state index contributed by atoms with van der Waals surface area (Å²) in [5.74, 6) is 3.91. The molecule has 178 valence electrons. The summed E-state index contributed by atoms with van der Waals surface area (Å²) in [4.78, 5) is 0. The summed E-state index contributed by atoms with van der Waals surface area (Å²) in [6.45, 7) is 20.3. The van der Waals surface area contributed by atoms with Crippen molar-refractivity contribution in [2.45, 2.75) is 132 Å². The molecule has 0 aromatic heterocycles. The zero-order chi connectivity index (χ0) is 22.7. The van der Waals surface area contributed by atoms with E-state index in [9.17, 15) is 5.11 Å². The van der Waals surface area contributed by atoms with Crippen LogP contribution in [0, 0.1) is 56.7 Å². The van der Waals surface area contributed by atoms with Gasteiger partial charge in [-0.1, -0.05) is 48.0 Å². The largest absolute Gasteiger partial charge is 0.390 e. The lowest BCUT2D eigenvalue weighted by atomic mass is 9.32. The average molecular weight is 429 g/mol. The monoisotopic (exact) mass is 428 g/mol. The van der Waals surface area contributed by atoms with Crippen molar-refractivity contribution < 1.29 is 5.11 Å². The number of rotatable bonds is 1. The highest BCUT2D eigenvalue weighted by molar-refractivity contribution is 5.19. The maximum absolute atomic E-state index is 11.0. The minimum absolute atomic E-state index is 0.440. The molecule has 31 heavy (non-hydrogen) atoms. The Bertz CT molecular complexity index is 731. The Kier molecular flexibility index (Phi) is 4.80. The summed E-state index contributed by atoms with van der Waals surface area (Å²) in [5, 5.41) is 11.0. The highest BCUT2D eigenvalue weighted by Crippen LogP contribution is 2.78. The van der Waals surface area contributed by atoms with Crippen molar-refractivity contribution in [2.75, 3.05) is 0 Å². The lowest BCUT2D eigenvalue weighted by Crippen LogP contribution is -2.66. The normalized spacial score (nSPS) is 56.2. The Balaban J connectivity index is 1.52. The second-order valence-corrected chi connectivity index (χ2v) is 15.4. The molecule has 0 aliphatic heterocycles. The predicted octanol–water partition coefficient (Wildman–Crippen LogP) is 8.25. The van der Waals surface area contributed by atoms with Gasteiger partial charge in [-0.15, -0.1) is 0 Å². The lowest BCUT2D eigenvalue weighted by Gasteiger charge is -2.73. The molecule has 0 aromatic carbocycles. The molecule has 5 aliphatic carbocycles. The van der Waals surface area contributed by atoms with Crippen LogP contribution in [-0.2, 0) is 0 Å². The van der Waals surface area contributed by atoms with Gasteiger partial charge in [0.2, 0.25) is 0 Å². The smallest absolute Gasteiger partial charge is 0.0622 e. The van der Waals surface area contributed by atoms with Gasteiger partial charge in [0.25, 0.3) is 0 Å². The van der Waals surface area contributed by atoms with E-state index in [2.05, 4.69) is 55.4 Å². The average Bonchev–Trinajstić information content (AvgIpc) is 2.99. The van der Waals surface area contributed by atoms with Gasteiger partial charge in [-0.25, -0.2) is 0 Å². The molecule has 0 saturated heterocycles. The third kappa shape index (κ3) is 2.77. The maximum Gasteiger partial charge on any atom is 0.0622 e. The fraction of sp³-hybridized carbons (Fsp3) is 1.00. The zero-order valence-corrected chi connectivity index (χ0v) is 22.1. The van der Waals surface area contributed by atoms with Gasteiger partial charge in [0, 0.05) is 0 Å². The van der Waals surface area contributed by atoms with Crippen LogP contribution in [0.25, 0.3) is 0 Å². The summed E-state index contributed by atoms with van der Waals surface area (Å²) in [7, 11) is 0. The van der Waals surface area contributed by atoms with Crippen LogP contribution in [0.15, 0.2) is 0 Å². The van der Waals surface area contributed by atoms with Crippen LogP contribution >= 0.6 is 0 Å². The molecule has 5 rings (SSSR count). The van der Waals surface area contributed by atoms with E-state index in [0.717, 1.165) is 23.7 Å². The lowest BCUT2D eigenvalue weighted by molar-refractivity contribution is -0.243. The highest BCUT2D eigenvalue weighted by atomic mass is 16.3. The van der Waals surface area contributed by atoms with E-state index in [1.54, 1.807) is 0 Å². The van der Waals surface area contributed by atoms with Gasteiger partial charge in [-0.3, -0.25) is 0 Å². The Labute approximate surface area is 193 Å². The molecule has 1 N–H and O–H groups in total. The Morgan fingerprint density at radius 2 is 1.19 bits per heavy atom. The standard InChI is InChI=1S/C30H52O/c1-25(2)15-9-16-28(6)22(25)14-19-30(8)24(28)11-10-23-27(5)17-12-20(26(3,4)31)21(27)13-18-29(23,30)7/h20-24,31H,9-19H2,1-8H3/t20?,21-,22-,23+,24+,27-,28-,29+,30+/m0/s1. The van der Waals surface area contributed by atoms with Crippen molar-refractivity contribution in [1.82, 2.24) is 0 Å². The van der Waals surface area contributed by atoms with Crippen molar-refractivity contribution in [3.63, 3.8) is 0 Å².